The fourth-order valence-electron chi connectivity index (χ4n) is 3.13. The molecule has 2 rings (SSSR count). The fourth-order valence-corrected chi connectivity index (χ4v) is 3.13. The van der Waals surface area contributed by atoms with Crippen molar-refractivity contribution >= 4 is 0 Å². The lowest BCUT2D eigenvalue weighted by Crippen LogP contribution is -2.08. The van der Waals surface area contributed by atoms with Crippen LogP contribution in [0.5, 0.6) is 0 Å². The highest BCUT2D eigenvalue weighted by Gasteiger charge is 2.15. The molecule has 0 unspecified atom stereocenters. The average Bonchev–Trinajstić information content (AvgIpc) is 3.00. The van der Waals surface area contributed by atoms with Crippen LogP contribution in [0.2, 0.25) is 0 Å². The van der Waals surface area contributed by atoms with Crippen LogP contribution in [0.4, 0.5) is 0 Å². The summed E-state index contributed by atoms with van der Waals surface area (Å²) in [6.07, 6.45) is 12.5. The highest BCUT2D eigenvalue weighted by atomic mass is 16.5. The average molecular weight is 239 g/mol. The molecule has 0 aromatic rings. The summed E-state index contributed by atoms with van der Waals surface area (Å²) in [7, 11) is 0. The molecule has 1 radical (unpaired) electrons. The van der Waals surface area contributed by atoms with Crippen molar-refractivity contribution in [1.82, 2.24) is 0 Å². The fraction of sp³-hybridized carbons (Fsp3) is 0.933. The van der Waals surface area contributed by atoms with Gasteiger partial charge in [-0.2, -0.15) is 0 Å². The van der Waals surface area contributed by atoms with Gasteiger partial charge in [-0.3, -0.25) is 0 Å². The molecular weight excluding hydrogens is 212 g/mol. The van der Waals surface area contributed by atoms with E-state index in [1.54, 1.807) is 0 Å². The first-order chi connectivity index (χ1) is 8.45. The Kier molecular flexibility index (Phi) is 6.36. The van der Waals surface area contributed by atoms with Crippen molar-refractivity contribution < 1.29 is 9.47 Å². The lowest BCUT2D eigenvalue weighted by atomic mass is 10.1. The monoisotopic (exact) mass is 239 g/mol. The quantitative estimate of drug-likeness (QED) is 0.597. The smallest absolute Gasteiger partial charge is 0.109 e. The van der Waals surface area contributed by atoms with Gasteiger partial charge >= 0.3 is 0 Å². The SMILES string of the molecule is [CH](COCC1CCCC1)OCCC1CCCC1. The highest BCUT2D eigenvalue weighted by molar-refractivity contribution is 4.68. The molecule has 0 aliphatic heterocycles. The van der Waals surface area contributed by atoms with E-state index in [4.69, 9.17) is 9.47 Å². The van der Waals surface area contributed by atoms with Crippen LogP contribution in [0.3, 0.4) is 0 Å². The van der Waals surface area contributed by atoms with Gasteiger partial charge in [-0.05, 0) is 31.1 Å². The molecule has 0 bridgehead atoms. The van der Waals surface area contributed by atoms with Crippen LogP contribution in [-0.2, 0) is 9.47 Å². The minimum absolute atomic E-state index is 0.668. The zero-order chi connectivity index (χ0) is 11.8. The second-order valence-corrected chi connectivity index (χ2v) is 5.66. The van der Waals surface area contributed by atoms with E-state index in [9.17, 15) is 0 Å². The number of hydrogen-bond acceptors (Lipinski definition) is 2. The van der Waals surface area contributed by atoms with Gasteiger partial charge in [0.1, 0.15) is 6.61 Å². The van der Waals surface area contributed by atoms with Gasteiger partial charge in [0.15, 0.2) is 0 Å². The Morgan fingerprint density at radius 3 is 2.24 bits per heavy atom. The van der Waals surface area contributed by atoms with Crippen molar-refractivity contribution in [2.24, 2.45) is 11.8 Å². The molecule has 17 heavy (non-hydrogen) atoms. The topological polar surface area (TPSA) is 18.5 Å². The maximum atomic E-state index is 5.61. The Morgan fingerprint density at radius 2 is 1.53 bits per heavy atom. The Bertz CT molecular complexity index is 161. The van der Waals surface area contributed by atoms with E-state index < -0.39 is 0 Å². The third-order valence-electron chi connectivity index (χ3n) is 4.25. The standard InChI is InChI=1S/C15H27O2/c1-2-6-14(5-1)9-10-16-11-12-17-13-15-7-3-4-8-15/h11,14-15H,1-10,12-13H2. The molecule has 2 nitrogen and oxygen atoms in total. The first-order valence-corrected chi connectivity index (χ1v) is 7.46. The summed E-state index contributed by atoms with van der Waals surface area (Å²) in [6.45, 7) is 4.34. The summed E-state index contributed by atoms with van der Waals surface area (Å²) in [4.78, 5) is 0. The van der Waals surface area contributed by atoms with E-state index in [2.05, 4.69) is 0 Å². The first-order valence-electron chi connectivity index (χ1n) is 7.46. The maximum absolute atomic E-state index is 5.61. The van der Waals surface area contributed by atoms with Gasteiger partial charge in [-0.1, -0.05) is 38.5 Å². The predicted molar refractivity (Wildman–Crippen MR) is 69.6 cm³/mol. The van der Waals surface area contributed by atoms with Crippen molar-refractivity contribution in [3.63, 3.8) is 0 Å². The second-order valence-electron chi connectivity index (χ2n) is 5.66. The van der Waals surface area contributed by atoms with Crippen LogP contribution >= 0.6 is 0 Å². The molecule has 2 fully saturated rings. The van der Waals surface area contributed by atoms with Crippen molar-refractivity contribution in [2.75, 3.05) is 19.8 Å². The van der Waals surface area contributed by atoms with Crippen LogP contribution in [0.1, 0.15) is 57.8 Å². The third kappa shape index (κ3) is 5.39. The first kappa shape index (κ1) is 13.4. The molecule has 0 aromatic carbocycles. The summed E-state index contributed by atoms with van der Waals surface area (Å²) < 4.78 is 11.1. The van der Waals surface area contributed by atoms with Crippen LogP contribution in [0, 0.1) is 18.4 Å². The van der Waals surface area contributed by atoms with Crippen molar-refractivity contribution in [1.29, 1.82) is 0 Å². The summed E-state index contributed by atoms with van der Waals surface area (Å²) in [5.41, 5.74) is 0. The Labute approximate surface area is 106 Å². The second kappa shape index (κ2) is 8.10. The van der Waals surface area contributed by atoms with Gasteiger partial charge in [-0.25, -0.2) is 0 Å². The Morgan fingerprint density at radius 1 is 0.882 bits per heavy atom. The summed E-state index contributed by atoms with van der Waals surface area (Å²) in [6, 6.07) is 0. The summed E-state index contributed by atoms with van der Waals surface area (Å²) in [5, 5.41) is 0. The maximum Gasteiger partial charge on any atom is 0.109 e. The van der Waals surface area contributed by atoms with Crippen LogP contribution < -0.4 is 0 Å². The molecule has 2 heteroatoms. The molecule has 0 N–H and O–H groups in total. The molecule has 2 aliphatic rings. The molecule has 0 saturated heterocycles. The molecule has 2 aliphatic carbocycles. The van der Waals surface area contributed by atoms with E-state index in [1.165, 1.54) is 57.8 Å². The molecule has 2 saturated carbocycles. The van der Waals surface area contributed by atoms with Crippen molar-refractivity contribution in [3.8, 4) is 0 Å². The highest BCUT2D eigenvalue weighted by Crippen LogP contribution is 2.27. The minimum atomic E-state index is 0.668. The molecule has 0 aromatic heterocycles. The largest absolute Gasteiger partial charge is 0.378 e. The van der Waals surface area contributed by atoms with Crippen LogP contribution in [0.15, 0.2) is 0 Å². The van der Waals surface area contributed by atoms with E-state index in [-0.39, 0.29) is 0 Å². The molecule has 0 spiro atoms. The van der Waals surface area contributed by atoms with Gasteiger partial charge < -0.3 is 9.47 Å². The van der Waals surface area contributed by atoms with Crippen LogP contribution in [0.25, 0.3) is 0 Å². The lowest BCUT2D eigenvalue weighted by Gasteiger charge is -2.11. The minimum Gasteiger partial charge on any atom is -0.378 e. The van der Waals surface area contributed by atoms with E-state index >= 15 is 0 Å². The predicted octanol–water partition coefficient (Wildman–Crippen LogP) is 3.95. The van der Waals surface area contributed by atoms with Crippen molar-refractivity contribution in [3.05, 3.63) is 6.61 Å². The van der Waals surface area contributed by atoms with E-state index in [0.29, 0.717) is 6.61 Å². The summed E-state index contributed by atoms with van der Waals surface area (Å²) in [5.74, 6) is 1.75. The third-order valence-corrected chi connectivity index (χ3v) is 4.25. The number of hydrogen-bond donors (Lipinski definition) is 0. The Hall–Kier alpha value is -0.0800. The molecular formula is C15H27O2. The van der Waals surface area contributed by atoms with Gasteiger partial charge in [0.2, 0.25) is 0 Å². The van der Waals surface area contributed by atoms with E-state index in [0.717, 1.165) is 25.0 Å². The summed E-state index contributed by atoms with van der Waals surface area (Å²) >= 11 is 0. The van der Waals surface area contributed by atoms with Gasteiger partial charge in [0.25, 0.3) is 0 Å². The zero-order valence-corrected chi connectivity index (χ0v) is 11.0. The number of ether oxygens (including phenoxy) is 2. The molecule has 99 valence electrons. The lowest BCUT2D eigenvalue weighted by molar-refractivity contribution is 0.0674. The van der Waals surface area contributed by atoms with E-state index in [1.807, 2.05) is 6.61 Å². The normalized spacial score (nSPS) is 22.6. The molecule has 0 atom stereocenters. The van der Waals surface area contributed by atoms with Gasteiger partial charge in [0, 0.05) is 13.2 Å². The number of rotatable bonds is 8. The van der Waals surface area contributed by atoms with Crippen molar-refractivity contribution in [2.45, 2.75) is 57.8 Å². The molecule has 0 heterocycles. The van der Waals surface area contributed by atoms with Gasteiger partial charge in [-0.15, -0.1) is 0 Å². The van der Waals surface area contributed by atoms with Gasteiger partial charge in [0.05, 0.1) is 6.61 Å². The van der Waals surface area contributed by atoms with Crippen LogP contribution in [-0.4, -0.2) is 19.8 Å². The Balaban J connectivity index is 1.33. The molecule has 0 amide bonds. The zero-order valence-electron chi connectivity index (χ0n) is 11.0.